The van der Waals surface area contributed by atoms with Crippen molar-refractivity contribution >= 4 is 11.8 Å². The summed E-state index contributed by atoms with van der Waals surface area (Å²) >= 11 is 0. The zero-order chi connectivity index (χ0) is 14.7. The van der Waals surface area contributed by atoms with Crippen LogP contribution in [0.5, 0.6) is 0 Å². The summed E-state index contributed by atoms with van der Waals surface area (Å²) in [5, 5.41) is 7.29. The van der Waals surface area contributed by atoms with E-state index in [4.69, 9.17) is 0 Å². The number of nitrogens with one attached hydrogen (secondary N) is 1. The van der Waals surface area contributed by atoms with E-state index in [-0.39, 0.29) is 12.1 Å². The fraction of sp³-hybridized carbons (Fsp3) is 0.600. The summed E-state index contributed by atoms with van der Waals surface area (Å²) in [4.78, 5) is 14.1. The molecule has 1 aliphatic heterocycles. The average molecular weight is 276 g/mol. The lowest BCUT2D eigenvalue weighted by atomic mass is 10.1. The molecule has 0 fully saturated rings. The molecular formula is C15H24N4O. The third-order valence-electron chi connectivity index (χ3n) is 3.98. The van der Waals surface area contributed by atoms with Gasteiger partial charge in [0.2, 0.25) is 0 Å². The number of nitrogens with zero attached hydrogens (tertiary/aromatic N) is 3. The summed E-state index contributed by atoms with van der Waals surface area (Å²) in [5.41, 5.74) is 1.35. The molecule has 5 nitrogen and oxygen atoms in total. The van der Waals surface area contributed by atoms with E-state index >= 15 is 0 Å². The molecule has 5 heteroatoms. The van der Waals surface area contributed by atoms with Gasteiger partial charge in [0, 0.05) is 19.2 Å². The molecule has 0 bridgehead atoms. The van der Waals surface area contributed by atoms with Crippen molar-refractivity contribution in [3.63, 3.8) is 0 Å². The highest BCUT2D eigenvalue weighted by Gasteiger charge is 2.19. The van der Waals surface area contributed by atoms with Crippen molar-refractivity contribution in [2.75, 3.05) is 18.4 Å². The summed E-state index contributed by atoms with van der Waals surface area (Å²) < 4.78 is 1.88. The second-order valence-electron chi connectivity index (χ2n) is 5.82. The molecule has 2 amide bonds. The first-order chi connectivity index (χ1) is 9.49. The van der Waals surface area contributed by atoms with Crippen molar-refractivity contribution in [1.82, 2.24) is 14.7 Å². The van der Waals surface area contributed by atoms with E-state index in [1.807, 2.05) is 15.6 Å². The SMILES string of the molecule is CC1=CCN(C(=O)Nc2ccnn2[C@H](C)C(C)C)CC1. The Balaban J connectivity index is 2.04. The molecular weight excluding hydrogens is 252 g/mol. The summed E-state index contributed by atoms with van der Waals surface area (Å²) in [5.74, 6) is 1.23. The zero-order valence-electron chi connectivity index (χ0n) is 12.8. The summed E-state index contributed by atoms with van der Waals surface area (Å²) in [6, 6.07) is 2.05. The quantitative estimate of drug-likeness (QED) is 0.861. The number of carbonyl (C=O) groups is 1. The lowest BCUT2D eigenvalue weighted by Crippen LogP contribution is -2.38. The normalized spacial score (nSPS) is 17.1. The molecule has 0 spiro atoms. The predicted molar refractivity (Wildman–Crippen MR) is 80.7 cm³/mol. The van der Waals surface area contributed by atoms with Crippen LogP contribution in [-0.4, -0.2) is 33.8 Å². The maximum atomic E-state index is 12.3. The van der Waals surface area contributed by atoms with E-state index < -0.39 is 0 Å². The maximum Gasteiger partial charge on any atom is 0.323 e. The van der Waals surface area contributed by atoms with Crippen LogP contribution in [0.15, 0.2) is 23.9 Å². The van der Waals surface area contributed by atoms with Crippen LogP contribution in [-0.2, 0) is 0 Å². The third kappa shape index (κ3) is 3.21. The van der Waals surface area contributed by atoms with E-state index in [1.54, 1.807) is 6.20 Å². The first-order valence-corrected chi connectivity index (χ1v) is 7.24. The highest BCUT2D eigenvalue weighted by atomic mass is 16.2. The van der Waals surface area contributed by atoms with E-state index in [9.17, 15) is 4.79 Å². The lowest BCUT2D eigenvalue weighted by molar-refractivity contribution is 0.215. The van der Waals surface area contributed by atoms with Crippen LogP contribution in [0.4, 0.5) is 10.6 Å². The number of rotatable bonds is 3. The Labute approximate surface area is 120 Å². The first-order valence-electron chi connectivity index (χ1n) is 7.24. The molecule has 0 saturated heterocycles. The van der Waals surface area contributed by atoms with Gasteiger partial charge in [-0.2, -0.15) is 5.10 Å². The summed E-state index contributed by atoms with van der Waals surface area (Å²) in [6.07, 6.45) is 4.79. The minimum atomic E-state index is -0.0496. The van der Waals surface area contributed by atoms with Gasteiger partial charge in [-0.05, 0) is 26.2 Å². The van der Waals surface area contributed by atoms with Crippen molar-refractivity contribution in [2.45, 2.75) is 40.2 Å². The lowest BCUT2D eigenvalue weighted by Gasteiger charge is -2.26. The minimum absolute atomic E-state index is 0.0496. The fourth-order valence-corrected chi connectivity index (χ4v) is 2.16. The molecule has 0 aliphatic carbocycles. The fourth-order valence-electron chi connectivity index (χ4n) is 2.16. The number of anilines is 1. The molecule has 1 aromatic rings. The van der Waals surface area contributed by atoms with E-state index in [2.05, 4.69) is 44.2 Å². The Bertz CT molecular complexity index is 504. The van der Waals surface area contributed by atoms with E-state index in [1.165, 1.54) is 5.57 Å². The van der Waals surface area contributed by atoms with Crippen molar-refractivity contribution < 1.29 is 4.79 Å². The second-order valence-corrected chi connectivity index (χ2v) is 5.82. The maximum absolute atomic E-state index is 12.3. The van der Waals surface area contributed by atoms with Gasteiger partial charge in [-0.1, -0.05) is 25.5 Å². The van der Waals surface area contributed by atoms with Gasteiger partial charge in [-0.3, -0.25) is 5.32 Å². The molecule has 110 valence electrons. The van der Waals surface area contributed by atoms with E-state index in [0.717, 1.165) is 18.8 Å². The molecule has 0 unspecified atom stereocenters. The first kappa shape index (κ1) is 14.6. The zero-order valence-corrected chi connectivity index (χ0v) is 12.8. The highest BCUT2D eigenvalue weighted by Crippen LogP contribution is 2.21. The van der Waals surface area contributed by atoms with Crippen LogP contribution in [0.3, 0.4) is 0 Å². The Morgan fingerprint density at radius 2 is 2.15 bits per heavy atom. The minimum Gasteiger partial charge on any atom is -0.320 e. The highest BCUT2D eigenvalue weighted by molar-refractivity contribution is 5.88. The topological polar surface area (TPSA) is 50.2 Å². The second kappa shape index (κ2) is 6.11. The molecule has 0 aromatic carbocycles. The van der Waals surface area contributed by atoms with Crippen LogP contribution in [0.2, 0.25) is 0 Å². The Morgan fingerprint density at radius 1 is 1.40 bits per heavy atom. The average Bonchev–Trinajstić information content (AvgIpc) is 2.86. The Hall–Kier alpha value is -1.78. The van der Waals surface area contributed by atoms with Crippen LogP contribution in [0, 0.1) is 5.92 Å². The van der Waals surface area contributed by atoms with Gasteiger partial charge in [0.15, 0.2) is 0 Å². The molecule has 0 radical (unpaired) electrons. The smallest absolute Gasteiger partial charge is 0.320 e. The largest absolute Gasteiger partial charge is 0.323 e. The molecule has 2 heterocycles. The van der Waals surface area contributed by atoms with Crippen LogP contribution < -0.4 is 5.32 Å². The molecule has 0 saturated carbocycles. The molecule has 1 aliphatic rings. The Morgan fingerprint density at radius 3 is 2.75 bits per heavy atom. The van der Waals surface area contributed by atoms with Gasteiger partial charge in [0.25, 0.3) is 0 Å². The number of carbonyl (C=O) groups excluding carboxylic acids is 1. The number of hydrogen-bond acceptors (Lipinski definition) is 2. The predicted octanol–water partition coefficient (Wildman–Crippen LogP) is 3.28. The number of urea groups is 1. The van der Waals surface area contributed by atoms with Gasteiger partial charge in [0.05, 0.1) is 12.2 Å². The van der Waals surface area contributed by atoms with Crippen molar-refractivity contribution in [3.05, 3.63) is 23.9 Å². The number of amides is 2. The van der Waals surface area contributed by atoms with Gasteiger partial charge >= 0.3 is 6.03 Å². The summed E-state index contributed by atoms with van der Waals surface area (Å²) in [7, 11) is 0. The summed E-state index contributed by atoms with van der Waals surface area (Å²) in [6.45, 7) is 9.98. The number of aromatic nitrogens is 2. The van der Waals surface area contributed by atoms with Crippen LogP contribution in [0.1, 0.15) is 40.2 Å². The molecule has 2 rings (SSSR count). The van der Waals surface area contributed by atoms with Crippen molar-refractivity contribution in [2.24, 2.45) is 5.92 Å². The molecule has 20 heavy (non-hydrogen) atoms. The van der Waals surface area contributed by atoms with Gasteiger partial charge < -0.3 is 4.90 Å². The molecule has 1 N–H and O–H groups in total. The van der Waals surface area contributed by atoms with Crippen LogP contribution >= 0.6 is 0 Å². The molecule has 1 atom stereocenters. The van der Waals surface area contributed by atoms with Crippen molar-refractivity contribution in [3.8, 4) is 0 Å². The van der Waals surface area contributed by atoms with Gasteiger partial charge in [-0.25, -0.2) is 9.48 Å². The standard InChI is InChI=1S/C15H24N4O/c1-11(2)13(4)19-14(5-8-16-19)17-15(20)18-9-6-12(3)7-10-18/h5-6,8,11,13H,7,9-10H2,1-4H3,(H,17,20)/t13-/m1/s1. The monoisotopic (exact) mass is 276 g/mol. The third-order valence-corrected chi connectivity index (χ3v) is 3.98. The Kier molecular flexibility index (Phi) is 4.47. The number of hydrogen-bond donors (Lipinski definition) is 1. The van der Waals surface area contributed by atoms with E-state index in [0.29, 0.717) is 12.5 Å². The van der Waals surface area contributed by atoms with Gasteiger partial charge in [-0.15, -0.1) is 0 Å². The van der Waals surface area contributed by atoms with Crippen molar-refractivity contribution in [1.29, 1.82) is 0 Å². The molecule has 1 aromatic heterocycles. The van der Waals surface area contributed by atoms with Gasteiger partial charge in [0.1, 0.15) is 5.82 Å². The van der Waals surface area contributed by atoms with Crippen LogP contribution in [0.25, 0.3) is 0 Å².